The lowest BCUT2D eigenvalue weighted by Crippen LogP contribution is -2.39. The first kappa shape index (κ1) is 16.0. The average Bonchev–Trinajstić information content (AvgIpc) is 2.70. The second kappa shape index (κ2) is 5.92. The first-order chi connectivity index (χ1) is 13.2. The van der Waals surface area contributed by atoms with Gasteiger partial charge in [0.25, 0.3) is 5.56 Å². The summed E-state index contributed by atoms with van der Waals surface area (Å²) in [6, 6.07) is 26.8. The standard InChI is InChI=1S/C24H20N2O/c1-24(15-17-9-3-2-4-10-17)20-13-7-5-11-18(20)16-26-21-14-8-6-12-19(21)22(27)25-23(24)26/h2-14H,15-16H2,1H3. The van der Waals surface area contributed by atoms with Gasteiger partial charge in [-0.1, -0.05) is 66.7 Å². The van der Waals surface area contributed by atoms with E-state index >= 15 is 0 Å². The van der Waals surface area contributed by atoms with Crippen molar-refractivity contribution in [1.82, 2.24) is 9.55 Å². The molecule has 0 fully saturated rings. The van der Waals surface area contributed by atoms with Crippen LogP contribution < -0.4 is 5.56 Å². The summed E-state index contributed by atoms with van der Waals surface area (Å²) < 4.78 is 2.22. The SMILES string of the molecule is CC1(Cc2ccccc2)c2ccccc2Cn2c1nc(=O)c1ccccc12. The minimum atomic E-state index is -0.362. The number of nitrogens with zero attached hydrogens (tertiary/aromatic N) is 2. The summed E-state index contributed by atoms with van der Waals surface area (Å²) in [5, 5.41) is 0.683. The second-order valence-corrected chi connectivity index (χ2v) is 7.50. The van der Waals surface area contributed by atoms with E-state index in [2.05, 4.69) is 65.0 Å². The van der Waals surface area contributed by atoms with Crippen LogP contribution in [0.3, 0.4) is 0 Å². The van der Waals surface area contributed by atoms with Crippen molar-refractivity contribution in [2.75, 3.05) is 0 Å². The van der Waals surface area contributed by atoms with Gasteiger partial charge in [0.15, 0.2) is 0 Å². The second-order valence-electron chi connectivity index (χ2n) is 7.50. The van der Waals surface area contributed by atoms with Crippen LogP contribution in [0.2, 0.25) is 0 Å². The van der Waals surface area contributed by atoms with Gasteiger partial charge >= 0.3 is 0 Å². The zero-order valence-electron chi connectivity index (χ0n) is 15.2. The highest BCUT2D eigenvalue weighted by molar-refractivity contribution is 5.78. The van der Waals surface area contributed by atoms with Gasteiger partial charge < -0.3 is 4.57 Å². The fourth-order valence-electron chi connectivity index (χ4n) is 4.47. The van der Waals surface area contributed by atoms with Crippen LogP contribution in [-0.2, 0) is 18.4 Å². The molecule has 3 nitrogen and oxygen atoms in total. The molecular formula is C24H20N2O. The molecule has 3 heteroatoms. The highest BCUT2D eigenvalue weighted by Gasteiger charge is 2.39. The Bertz CT molecular complexity index is 1210. The van der Waals surface area contributed by atoms with Crippen LogP contribution >= 0.6 is 0 Å². The Hall–Kier alpha value is -3.20. The maximum atomic E-state index is 12.8. The lowest BCUT2D eigenvalue weighted by atomic mass is 9.72. The van der Waals surface area contributed by atoms with E-state index in [1.807, 2.05) is 30.3 Å². The number of benzene rings is 3. The molecule has 27 heavy (non-hydrogen) atoms. The monoisotopic (exact) mass is 352 g/mol. The predicted molar refractivity (Wildman–Crippen MR) is 108 cm³/mol. The number of fused-ring (bicyclic) bond motifs is 4. The Morgan fingerprint density at radius 3 is 2.48 bits per heavy atom. The minimum absolute atomic E-state index is 0.143. The first-order valence-corrected chi connectivity index (χ1v) is 9.29. The third-order valence-electron chi connectivity index (χ3n) is 5.72. The van der Waals surface area contributed by atoms with Crippen molar-refractivity contribution in [1.29, 1.82) is 0 Å². The van der Waals surface area contributed by atoms with Gasteiger partial charge in [-0.15, -0.1) is 0 Å². The molecule has 0 saturated heterocycles. The predicted octanol–water partition coefficient (Wildman–Crippen LogP) is 4.31. The molecule has 1 atom stereocenters. The molecule has 0 amide bonds. The van der Waals surface area contributed by atoms with Gasteiger partial charge in [-0.2, -0.15) is 4.98 Å². The molecule has 0 N–H and O–H groups in total. The number of para-hydroxylation sites is 1. The van der Waals surface area contributed by atoms with E-state index in [0.717, 1.165) is 24.3 Å². The lowest BCUT2D eigenvalue weighted by Gasteiger charge is -2.38. The smallest absolute Gasteiger partial charge is 0.280 e. The summed E-state index contributed by atoms with van der Waals surface area (Å²) in [6.45, 7) is 2.95. The van der Waals surface area contributed by atoms with Gasteiger partial charge in [0.2, 0.25) is 0 Å². The van der Waals surface area contributed by atoms with Crippen molar-refractivity contribution in [3.63, 3.8) is 0 Å². The van der Waals surface area contributed by atoms with Crippen LogP contribution in [0.25, 0.3) is 10.9 Å². The lowest BCUT2D eigenvalue weighted by molar-refractivity contribution is 0.463. The Kier molecular flexibility index (Phi) is 3.51. The summed E-state index contributed by atoms with van der Waals surface area (Å²) in [6.07, 6.45) is 0.801. The Morgan fingerprint density at radius 1 is 0.926 bits per heavy atom. The third kappa shape index (κ3) is 2.42. The van der Waals surface area contributed by atoms with E-state index in [0.29, 0.717) is 5.39 Å². The van der Waals surface area contributed by atoms with Crippen LogP contribution in [0.1, 0.15) is 29.4 Å². The Morgan fingerprint density at radius 2 is 1.63 bits per heavy atom. The van der Waals surface area contributed by atoms with Crippen molar-refractivity contribution in [2.45, 2.75) is 25.3 Å². The van der Waals surface area contributed by atoms with Gasteiger partial charge in [-0.3, -0.25) is 4.79 Å². The average molecular weight is 352 g/mol. The Balaban J connectivity index is 1.82. The fourth-order valence-corrected chi connectivity index (χ4v) is 4.47. The molecule has 0 spiro atoms. The minimum Gasteiger partial charge on any atom is -0.324 e. The summed E-state index contributed by atoms with van der Waals surface area (Å²) in [5.74, 6) is 0.855. The molecule has 2 heterocycles. The van der Waals surface area contributed by atoms with E-state index in [-0.39, 0.29) is 11.0 Å². The zero-order chi connectivity index (χ0) is 18.4. The molecule has 132 valence electrons. The van der Waals surface area contributed by atoms with Crippen molar-refractivity contribution < 1.29 is 0 Å². The molecule has 4 aromatic rings. The van der Waals surface area contributed by atoms with Crippen LogP contribution in [0.5, 0.6) is 0 Å². The van der Waals surface area contributed by atoms with Gasteiger partial charge in [0.1, 0.15) is 5.82 Å². The number of hydrogen-bond acceptors (Lipinski definition) is 2. The quantitative estimate of drug-likeness (QED) is 0.539. The maximum absolute atomic E-state index is 12.8. The summed E-state index contributed by atoms with van der Waals surface area (Å²) in [4.78, 5) is 17.4. The number of aromatic nitrogens is 2. The number of rotatable bonds is 2. The molecule has 1 aliphatic rings. The van der Waals surface area contributed by atoms with E-state index in [1.54, 1.807) is 0 Å². The van der Waals surface area contributed by atoms with Gasteiger partial charge in [-0.05, 0) is 42.2 Å². The molecule has 0 saturated carbocycles. The topological polar surface area (TPSA) is 34.9 Å². The third-order valence-corrected chi connectivity index (χ3v) is 5.72. The van der Waals surface area contributed by atoms with Gasteiger partial charge in [0, 0.05) is 6.54 Å². The van der Waals surface area contributed by atoms with Crippen LogP contribution in [0.15, 0.2) is 83.7 Å². The summed E-state index contributed by atoms with van der Waals surface area (Å²) >= 11 is 0. The van der Waals surface area contributed by atoms with E-state index in [1.165, 1.54) is 16.7 Å². The van der Waals surface area contributed by atoms with Crippen molar-refractivity contribution in [3.05, 3.63) is 112 Å². The molecule has 0 aliphatic carbocycles. The Labute approximate surface area is 157 Å². The molecule has 1 aromatic heterocycles. The first-order valence-electron chi connectivity index (χ1n) is 9.29. The van der Waals surface area contributed by atoms with Gasteiger partial charge in [-0.25, -0.2) is 0 Å². The number of hydrogen-bond donors (Lipinski definition) is 0. The molecule has 0 bridgehead atoms. The molecular weight excluding hydrogens is 332 g/mol. The van der Waals surface area contributed by atoms with E-state index < -0.39 is 0 Å². The van der Waals surface area contributed by atoms with Crippen LogP contribution in [0, 0.1) is 0 Å². The maximum Gasteiger partial charge on any atom is 0.280 e. The van der Waals surface area contributed by atoms with Crippen molar-refractivity contribution >= 4 is 10.9 Å². The van der Waals surface area contributed by atoms with Gasteiger partial charge in [0.05, 0.1) is 16.3 Å². The molecule has 1 unspecified atom stereocenters. The molecule has 1 aliphatic heterocycles. The normalized spacial score (nSPS) is 18.1. The van der Waals surface area contributed by atoms with Crippen LogP contribution in [-0.4, -0.2) is 9.55 Å². The van der Waals surface area contributed by atoms with E-state index in [4.69, 9.17) is 0 Å². The summed E-state index contributed by atoms with van der Waals surface area (Å²) in [7, 11) is 0. The highest BCUT2D eigenvalue weighted by atomic mass is 16.1. The highest BCUT2D eigenvalue weighted by Crippen LogP contribution is 2.40. The molecule has 5 rings (SSSR count). The molecule has 3 aromatic carbocycles. The summed E-state index contributed by atoms with van der Waals surface area (Å²) in [5.41, 5.74) is 4.25. The van der Waals surface area contributed by atoms with Crippen molar-refractivity contribution in [2.24, 2.45) is 0 Å². The fraction of sp³-hybridized carbons (Fsp3) is 0.167. The van der Waals surface area contributed by atoms with Crippen LogP contribution in [0.4, 0.5) is 0 Å². The molecule has 0 radical (unpaired) electrons. The van der Waals surface area contributed by atoms with E-state index in [9.17, 15) is 4.79 Å². The van der Waals surface area contributed by atoms with Crippen molar-refractivity contribution in [3.8, 4) is 0 Å². The largest absolute Gasteiger partial charge is 0.324 e. The zero-order valence-corrected chi connectivity index (χ0v) is 15.2.